The summed E-state index contributed by atoms with van der Waals surface area (Å²) in [7, 11) is 0. The first-order chi connectivity index (χ1) is 18.8. The molecule has 0 radical (unpaired) electrons. The maximum atomic E-state index is 13.1. The van der Waals surface area contributed by atoms with Crippen molar-refractivity contribution in [3.8, 4) is 0 Å². The van der Waals surface area contributed by atoms with Gasteiger partial charge in [-0.2, -0.15) is 0 Å². The number of benzene rings is 1. The van der Waals surface area contributed by atoms with E-state index in [1.165, 1.54) is 0 Å². The Morgan fingerprint density at radius 1 is 0.800 bits per heavy atom. The Hall–Kier alpha value is -4.73. The van der Waals surface area contributed by atoms with Gasteiger partial charge in [0.25, 0.3) is 0 Å². The SMILES string of the molecule is NC(=O)CC(NC(=O)C(N)CCCN=C(N)N)C(=O)NC(Cc1ccccc1)C(=O)NC(CCC(=O)O)C(=O)O. The maximum absolute atomic E-state index is 13.1. The molecule has 16 nitrogen and oxygen atoms in total. The lowest BCUT2D eigenvalue weighted by Gasteiger charge is -2.25. The summed E-state index contributed by atoms with van der Waals surface area (Å²) in [5, 5.41) is 25.3. The average Bonchev–Trinajstić information content (AvgIpc) is 2.87. The fourth-order valence-electron chi connectivity index (χ4n) is 3.47. The molecule has 0 aromatic heterocycles. The van der Waals surface area contributed by atoms with Crippen LogP contribution in [0, 0.1) is 0 Å². The van der Waals surface area contributed by atoms with Crippen molar-refractivity contribution in [2.75, 3.05) is 6.54 Å². The number of amides is 4. The highest BCUT2D eigenvalue weighted by Gasteiger charge is 2.31. The van der Waals surface area contributed by atoms with E-state index in [-0.39, 0.29) is 25.3 Å². The standard InChI is InChI=1S/C24H36N8O8/c25-14(7-4-10-29-24(27)28)20(36)31-17(12-18(26)33)22(38)32-16(11-13-5-2-1-3-6-13)21(37)30-15(23(39)40)8-9-19(34)35/h1-3,5-6,14-17H,4,7-12,25H2,(H2,26,33)(H,30,37)(H,31,36)(H,32,38)(H,34,35)(H,39,40)(H4,27,28,29). The van der Waals surface area contributed by atoms with Crippen LogP contribution in [-0.4, -0.2) is 82.5 Å². The minimum Gasteiger partial charge on any atom is -0.481 e. The molecule has 16 heteroatoms. The van der Waals surface area contributed by atoms with Gasteiger partial charge in [0, 0.05) is 19.4 Å². The summed E-state index contributed by atoms with van der Waals surface area (Å²) in [6, 6.07) is 2.94. The van der Waals surface area contributed by atoms with Crippen LogP contribution in [0.5, 0.6) is 0 Å². The molecule has 0 fully saturated rings. The Bertz CT molecular complexity index is 1080. The highest BCUT2D eigenvalue weighted by Crippen LogP contribution is 2.07. The molecule has 1 aromatic carbocycles. The maximum Gasteiger partial charge on any atom is 0.326 e. The van der Waals surface area contributed by atoms with Gasteiger partial charge in [-0.1, -0.05) is 30.3 Å². The van der Waals surface area contributed by atoms with Gasteiger partial charge in [0.2, 0.25) is 23.6 Å². The molecule has 0 spiro atoms. The van der Waals surface area contributed by atoms with E-state index in [1.807, 2.05) is 0 Å². The van der Waals surface area contributed by atoms with Crippen molar-refractivity contribution in [1.29, 1.82) is 0 Å². The zero-order chi connectivity index (χ0) is 30.2. The van der Waals surface area contributed by atoms with Crippen molar-refractivity contribution in [2.24, 2.45) is 27.9 Å². The van der Waals surface area contributed by atoms with Crippen LogP contribution >= 0.6 is 0 Å². The molecule has 4 atom stereocenters. The molecule has 0 heterocycles. The number of nitrogens with two attached hydrogens (primary N) is 4. The molecule has 13 N–H and O–H groups in total. The minimum atomic E-state index is -1.54. The lowest BCUT2D eigenvalue weighted by molar-refractivity contribution is -0.143. The number of carboxylic acid groups (broad SMARTS) is 2. The van der Waals surface area contributed by atoms with Crippen molar-refractivity contribution in [3.63, 3.8) is 0 Å². The molecule has 0 aliphatic carbocycles. The van der Waals surface area contributed by atoms with Crippen molar-refractivity contribution >= 4 is 41.5 Å². The van der Waals surface area contributed by atoms with Crippen molar-refractivity contribution in [3.05, 3.63) is 35.9 Å². The molecule has 0 aliphatic rings. The van der Waals surface area contributed by atoms with Gasteiger partial charge >= 0.3 is 11.9 Å². The first-order valence-corrected chi connectivity index (χ1v) is 12.3. The van der Waals surface area contributed by atoms with Gasteiger partial charge in [-0.3, -0.25) is 29.0 Å². The zero-order valence-corrected chi connectivity index (χ0v) is 21.7. The third-order valence-corrected chi connectivity index (χ3v) is 5.52. The number of hydrogen-bond acceptors (Lipinski definition) is 8. The lowest BCUT2D eigenvalue weighted by Crippen LogP contribution is -2.58. The van der Waals surface area contributed by atoms with Crippen LogP contribution in [0.25, 0.3) is 0 Å². The number of aliphatic carboxylic acids is 2. The van der Waals surface area contributed by atoms with Crippen LogP contribution in [0.1, 0.15) is 37.7 Å². The summed E-state index contributed by atoms with van der Waals surface area (Å²) >= 11 is 0. The number of guanidine groups is 1. The van der Waals surface area contributed by atoms with Crippen LogP contribution in [0.3, 0.4) is 0 Å². The van der Waals surface area contributed by atoms with E-state index < -0.39 is 79.0 Å². The summed E-state index contributed by atoms with van der Waals surface area (Å²) in [6.07, 6.45) is -1.13. The monoisotopic (exact) mass is 564 g/mol. The van der Waals surface area contributed by atoms with Gasteiger partial charge in [0.1, 0.15) is 18.1 Å². The van der Waals surface area contributed by atoms with Crippen LogP contribution in [-0.2, 0) is 35.2 Å². The highest BCUT2D eigenvalue weighted by molar-refractivity contribution is 5.96. The number of carboxylic acids is 2. The molecule has 0 bridgehead atoms. The van der Waals surface area contributed by atoms with Crippen molar-refractivity contribution in [2.45, 2.75) is 62.7 Å². The van der Waals surface area contributed by atoms with Gasteiger partial charge < -0.3 is 49.1 Å². The number of nitrogens with zero attached hydrogens (tertiary/aromatic N) is 1. The number of nitrogens with one attached hydrogen (secondary N) is 3. The summed E-state index contributed by atoms with van der Waals surface area (Å²) in [6.45, 7) is 0.217. The topological polar surface area (TPSA) is 295 Å². The predicted molar refractivity (Wildman–Crippen MR) is 142 cm³/mol. The number of rotatable bonds is 18. The smallest absolute Gasteiger partial charge is 0.326 e. The number of carbonyl (C=O) groups excluding carboxylic acids is 4. The quantitative estimate of drug-likeness (QED) is 0.0488. The number of aliphatic imine (C=N–C) groups is 1. The van der Waals surface area contributed by atoms with Crippen molar-refractivity contribution in [1.82, 2.24) is 16.0 Å². The molecular weight excluding hydrogens is 528 g/mol. The minimum absolute atomic E-state index is 0.0920. The zero-order valence-electron chi connectivity index (χ0n) is 21.7. The van der Waals surface area contributed by atoms with E-state index >= 15 is 0 Å². The Morgan fingerprint density at radius 2 is 1.38 bits per heavy atom. The van der Waals surface area contributed by atoms with Gasteiger partial charge in [0.05, 0.1) is 12.5 Å². The van der Waals surface area contributed by atoms with Crippen LogP contribution in [0.15, 0.2) is 35.3 Å². The Labute approximate surface area is 229 Å². The second kappa shape index (κ2) is 17.0. The Kier molecular flexibility index (Phi) is 14.1. The summed E-state index contributed by atoms with van der Waals surface area (Å²) in [5.41, 5.74) is 22.2. The first-order valence-electron chi connectivity index (χ1n) is 12.3. The van der Waals surface area contributed by atoms with Gasteiger partial charge in [-0.15, -0.1) is 0 Å². The van der Waals surface area contributed by atoms with Crippen LogP contribution in [0.4, 0.5) is 0 Å². The predicted octanol–water partition coefficient (Wildman–Crippen LogP) is -3.11. The molecule has 220 valence electrons. The van der Waals surface area contributed by atoms with Crippen LogP contribution in [0.2, 0.25) is 0 Å². The van der Waals surface area contributed by atoms with E-state index in [0.29, 0.717) is 12.0 Å². The first kappa shape index (κ1) is 33.3. The van der Waals surface area contributed by atoms with Gasteiger partial charge in [-0.05, 0) is 24.8 Å². The van der Waals surface area contributed by atoms with E-state index in [9.17, 15) is 33.9 Å². The Balaban J connectivity index is 3.06. The second-order valence-electron chi connectivity index (χ2n) is 8.87. The fraction of sp³-hybridized carbons (Fsp3) is 0.458. The van der Waals surface area contributed by atoms with Crippen LogP contribution < -0.4 is 38.9 Å². The Morgan fingerprint density at radius 3 is 1.93 bits per heavy atom. The van der Waals surface area contributed by atoms with E-state index in [0.717, 1.165) is 0 Å². The summed E-state index contributed by atoms with van der Waals surface area (Å²) in [5.74, 6) is -6.41. The average molecular weight is 565 g/mol. The summed E-state index contributed by atoms with van der Waals surface area (Å²) < 4.78 is 0. The third kappa shape index (κ3) is 13.2. The normalized spacial score (nSPS) is 13.5. The van der Waals surface area contributed by atoms with E-state index in [4.69, 9.17) is 28.0 Å². The fourth-order valence-corrected chi connectivity index (χ4v) is 3.47. The number of primary amides is 1. The molecular formula is C24H36N8O8. The molecule has 0 saturated heterocycles. The molecule has 4 amide bonds. The van der Waals surface area contributed by atoms with E-state index in [2.05, 4.69) is 20.9 Å². The molecule has 40 heavy (non-hydrogen) atoms. The summed E-state index contributed by atoms with van der Waals surface area (Å²) in [4.78, 5) is 76.6. The molecule has 0 aliphatic heterocycles. The molecule has 4 unspecified atom stereocenters. The molecule has 1 rings (SSSR count). The second-order valence-corrected chi connectivity index (χ2v) is 8.87. The number of hydrogen-bond donors (Lipinski definition) is 9. The highest BCUT2D eigenvalue weighted by atomic mass is 16.4. The molecule has 0 saturated carbocycles. The molecule has 1 aromatic rings. The van der Waals surface area contributed by atoms with Gasteiger partial charge in [0.15, 0.2) is 5.96 Å². The number of carbonyl (C=O) groups is 6. The van der Waals surface area contributed by atoms with E-state index in [1.54, 1.807) is 30.3 Å². The van der Waals surface area contributed by atoms with Crippen molar-refractivity contribution < 1.29 is 39.0 Å². The third-order valence-electron chi connectivity index (χ3n) is 5.52. The van der Waals surface area contributed by atoms with Gasteiger partial charge in [-0.25, -0.2) is 4.79 Å². The largest absolute Gasteiger partial charge is 0.481 e. The lowest BCUT2D eigenvalue weighted by atomic mass is 10.0.